The Labute approximate surface area is 143 Å². The summed E-state index contributed by atoms with van der Waals surface area (Å²) in [5, 5.41) is 2.78. The van der Waals surface area contributed by atoms with Crippen LogP contribution in [0.5, 0.6) is 0 Å². The molecule has 1 amide bonds. The number of piperazine rings is 1. The average molecular weight is 379 g/mol. The molecule has 2 aromatic heterocycles. The van der Waals surface area contributed by atoms with Crippen molar-refractivity contribution in [1.82, 2.24) is 9.88 Å². The van der Waals surface area contributed by atoms with E-state index in [0.29, 0.717) is 10.4 Å². The number of amides is 1. The number of carbonyl (C=O) groups is 1. The molecule has 122 valence electrons. The molecule has 1 N–H and O–H groups in total. The number of nitrogens with one attached hydrogen (secondary N) is 1. The summed E-state index contributed by atoms with van der Waals surface area (Å²) in [4.78, 5) is 21.2. The molecule has 0 saturated carbocycles. The maximum Gasteiger partial charge on any atom is 0.291 e. The Kier molecular flexibility index (Phi) is 4.97. The van der Waals surface area contributed by atoms with E-state index in [1.54, 1.807) is 18.3 Å². The summed E-state index contributed by atoms with van der Waals surface area (Å²) < 4.78 is 5.76. The van der Waals surface area contributed by atoms with Gasteiger partial charge in [0.25, 0.3) is 5.91 Å². The van der Waals surface area contributed by atoms with Crippen LogP contribution in [0.4, 0.5) is 11.5 Å². The smallest absolute Gasteiger partial charge is 0.291 e. The van der Waals surface area contributed by atoms with Gasteiger partial charge in [-0.1, -0.05) is 6.92 Å². The molecule has 2 aromatic rings. The first kappa shape index (κ1) is 16.0. The van der Waals surface area contributed by atoms with Crippen LogP contribution in [-0.4, -0.2) is 48.5 Å². The highest BCUT2D eigenvalue weighted by Gasteiger charge is 2.17. The van der Waals surface area contributed by atoms with Gasteiger partial charge in [0.05, 0.1) is 11.9 Å². The Morgan fingerprint density at radius 2 is 2.04 bits per heavy atom. The van der Waals surface area contributed by atoms with Crippen LogP contribution >= 0.6 is 15.9 Å². The first-order chi connectivity index (χ1) is 11.2. The minimum absolute atomic E-state index is 0.261. The number of likely N-dealkylation sites (N-methyl/N-ethyl adjacent to an activating group) is 1. The summed E-state index contributed by atoms with van der Waals surface area (Å²) >= 11 is 3.18. The van der Waals surface area contributed by atoms with Crippen molar-refractivity contribution in [2.75, 3.05) is 42.9 Å². The Morgan fingerprint density at radius 1 is 1.26 bits per heavy atom. The van der Waals surface area contributed by atoms with Gasteiger partial charge in [-0.05, 0) is 46.7 Å². The van der Waals surface area contributed by atoms with Gasteiger partial charge in [-0.2, -0.15) is 0 Å². The lowest BCUT2D eigenvalue weighted by Gasteiger charge is -2.34. The van der Waals surface area contributed by atoms with Gasteiger partial charge in [-0.3, -0.25) is 4.79 Å². The van der Waals surface area contributed by atoms with Crippen LogP contribution in [0.25, 0.3) is 0 Å². The van der Waals surface area contributed by atoms with Gasteiger partial charge in [-0.25, -0.2) is 4.98 Å². The number of hydrogen-bond donors (Lipinski definition) is 1. The van der Waals surface area contributed by atoms with E-state index in [4.69, 9.17) is 4.42 Å². The summed E-state index contributed by atoms with van der Waals surface area (Å²) in [7, 11) is 0. The molecule has 7 heteroatoms. The van der Waals surface area contributed by atoms with Crippen molar-refractivity contribution in [3.63, 3.8) is 0 Å². The van der Waals surface area contributed by atoms with E-state index < -0.39 is 0 Å². The maximum absolute atomic E-state index is 12.0. The molecule has 1 saturated heterocycles. The number of hydrogen-bond acceptors (Lipinski definition) is 5. The third-order valence-electron chi connectivity index (χ3n) is 3.95. The van der Waals surface area contributed by atoms with E-state index in [9.17, 15) is 4.79 Å². The second-order valence-electron chi connectivity index (χ2n) is 5.38. The van der Waals surface area contributed by atoms with Gasteiger partial charge in [0.1, 0.15) is 5.82 Å². The first-order valence-electron chi connectivity index (χ1n) is 7.66. The lowest BCUT2D eigenvalue weighted by atomic mass is 10.3. The lowest BCUT2D eigenvalue weighted by Crippen LogP contribution is -2.46. The first-order valence-corrected chi connectivity index (χ1v) is 8.45. The Morgan fingerprint density at radius 3 is 2.61 bits per heavy atom. The van der Waals surface area contributed by atoms with E-state index in [-0.39, 0.29) is 11.7 Å². The summed E-state index contributed by atoms with van der Waals surface area (Å²) in [5.74, 6) is 0.915. The minimum atomic E-state index is -0.290. The number of anilines is 2. The van der Waals surface area contributed by atoms with Crippen LogP contribution in [0.1, 0.15) is 17.5 Å². The van der Waals surface area contributed by atoms with Crippen LogP contribution in [0.3, 0.4) is 0 Å². The van der Waals surface area contributed by atoms with Crippen molar-refractivity contribution in [2.45, 2.75) is 6.92 Å². The molecule has 1 fully saturated rings. The summed E-state index contributed by atoms with van der Waals surface area (Å²) in [5.41, 5.74) is 0.651. The zero-order chi connectivity index (χ0) is 16.2. The third kappa shape index (κ3) is 3.92. The van der Waals surface area contributed by atoms with Crippen molar-refractivity contribution in [3.8, 4) is 0 Å². The Hall–Kier alpha value is -1.86. The number of rotatable bonds is 4. The standard InChI is InChI=1S/C16H19BrN4O2/c1-2-20-7-9-21(10-8-20)15-6-3-12(11-18-15)19-16(22)13-4-5-14(17)23-13/h3-6,11H,2,7-10H2,1H3,(H,19,22). The highest BCUT2D eigenvalue weighted by Crippen LogP contribution is 2.18. The maximum atomic E-state index is 12.0. The van der Waals surface area contributed by atoms with Crippen molar-refractivity contribution in [3.05, 3.63) is 40.9 Å². The van der Waals surface area contributed by atoms with E-state index >= 15 is 0 Å². The van der Waals surface area contributed by atoms with Gasteiger partial charge in [-0.15, -0.1) is 0 Å². The van der Waals surface area contributed by atoms with Crippen LogP contribution in [0.2, 0.25) is 0 Å². The van der Waals surface area contributed by atoms with Gasteiger partial charge in [0.15, 0.2) is 10.4 Å². The molecule has 0 bridgehead atoms. The van der Waals surface area contributed by atoms with E-state index in [1.165, 1.54) is 0 Å². The van der Waals surface area contributed by atoms with E-state index in [2.05, 4.69) is 43.0 Å². The molecular weight excluding hydrogens is 360 g/mol. The average Bonchev–Trinajstić information content (AvgIpc) is 3.02. The van der Waals surface area contributed by atoms with Gasteiger partial charge in [0, 0.05) is 26.2 Å². The SMILES string of the molecule is CCN1CCN(c2ccc(NC(=O)c3ccc(Br)o3)cn2)CC1. The normalized spacial score (nSPS) is 15.7. The Bertz CT molecular complexity index is 663. The topological polar surface area (TPSA) is 61.6 Å². The summed E-state index contributed by atoms with van der Waals surface area (Å²) in [6.07, 6.45) is 1.68. The Balaban J connectivity index is 1.60. The molecule has 0 aliphatic carbocycles. The highest BCUT2D eigenvalue weighted by molar-refractivity contribution is 9.10. The number of halogens is 1. The fourth-order valence-corrected chi connectivity index (χ4v) is 2.88. The van der Waals surface area contributed by atoms with E-state index in [0.717, 1.165) is 38.5 Å². The number of aromatic nitrogens is 1. The van der Waals surface area contributed by atoms with Crippen LogP contribution < -0.4 is 10.2 Å². The lowest BCUT2D eigenvalue weighted by molar-refractivity contribution is 0.0995. The molecule has 1 aliphatic heterocycles. The zero-order valence-electron chi connectivity index (χ0n) is 13.0. The van der Waals surface area contributed by atoms with Crippen LogP contribution in [0.15, 0.2) is 39.5 Å². The van der Waals surface area contributed by atoms with Crippen LogP contribution in [-0.2, 0) is 0 Å². The zero-order valence-corrected chi connectivity index (χ0v) is 14.5. The number of nitrogens with zero attached hydrogens (tertiary/aromatic N) is 3. The van der Waals surface area contributed by atoms with E-state index in [1.807, 2.05) is 12.1 Å². The van der Waals surface area contributed by atoms with Crippen molar-refractivity contribution in [1.29, 1.82) is 0 Å². The highest BCUT2D eigenvalue weighted by atomic mass is 79.9. The van der Waals surface area contributed by atoms with Gasteiger partial charge >= 0.3 is 0 Å². The summed E-state index contributed by atoms with van der Waals surface area (Å²) in [6.45, 7) is 7.35. The molecule has 0 atom stereocenters. The van der Waals surface area contributed by atoms with Gasteiger partial charge < -0.3 is 19.5 Å². The predicted octanol–water partition coefficient (Wildman–Crippen LogP) is 2.83. The monoisotopic (exact) mass is 378 g/mol. The molecule has 23 heavy (non-hydrogen) atoms. The van der Waals surface area contributed by atoms with Crippen LogP contribution in [0, 0.1) is 0 Å². The molecule has 3 heterocycles. The molecule has 6 nitrogen and oxygen atoms in total. The fraction of sp³-hybridized carbons (Fsp3) is 0.375. The number of furan rings is 1. The second-order valence-corrected chi connectivity index (χ2v) is 6.17. The molecule has 0 aromatic carbocycles. The third-order valence-corrected chi connectivity index (χ3v) is 4.37. The molecular formula is C16H19BrN4O2. The number of pyridine rings is 1. The minimum Gasteiger partial charge on any atom is -0.444 e. The molecule has 1 aliphatic rings. The van der Waals surface area contributed by atoms with Crippen molar-refractivity contribution < 1.29 is 9.21 Å². The largest absolute Gasteiger partial charge is 0.444 e. The second kappa shape index (κ2) is 7.14. The van der Waals surface area contributed by atoms with Crippen molar-refractivity contribution >= 4 is 33.3 Å². The number of carbonyl (C=O) groups excluding carboxylic acids is 1. The summed E-state index contributed by atoms with van der Waals surface area (Å²) in [6, 6.07) is 7.11. The van der Waals surface area contributed by atoms with Crippen molar-refractivity contribution in [2.24, 2.45) is 0 Å². The molecule has 0 spiro atoms. The predicted molar refractivity (Wildman–Crippen MR) is 92.9 cm³/mol. The molecule has 0 unspecified atom stereocenters. The van der Waals surface area contributed by atoms with Gasteiger partial charge in [0.2, 0.25) is 0 Å². The molecule has 0 radical (unpaired) electrons. The fourth-order valence-electron chi connectivity index (χ4n) is 2.57. The quantitative estimate of drug-likeness (QED) is 0.885. The molecule has 3 rings (SSSR count).